The van der Waals surface area contributed by atoms with Gasteiger partial charge in [0.1, 0.15) is 0 Å². The van der Waals surface area contributed by atoms with Crippen molar-refractivity contribution < 1.29 is 4.74 Å². The van der Waals surface area contributed by atoms with Crippen molar-refractivity contribution >= 4 is 0 Å². The molecule has 1 aliphatic carbocycles. The van der Waals surface area contributed by atoms with E-state index in [9.17, 15) is 0 Å². The SMILES string of the molecule is C/C=C/[C@H]1OC(C)(C)[C@@]2(C)CC=C(C)[C@]1(C)C2. The number of hydrogen-bond acceptors (Lipinski definition) is 1. The summed E-state index contributed by atoms with van der Waals surface area (Å²) in [6.45, 7) is 13.6. The summed E-state index contributed by atoms with van der Waals surface area (Å²) in [7, 11) is 0. The average Bonchev–Trinajstić information content (AvgIpc) is 2.22. The van der Waals surface area contributed by atoms with Crippen LogP contribution in [0.2, 0.25) is 0 Å². The number of rotatable bonds is 1. The van der Waals surface area contributed by atoms with Gasteiger partial charge in [-0.25, -0.2) is 0 Å². The molecule has 0 N–H and O–H groups in total. The number of hydrogen-bond donors (Lipinski definition) is 0. The van der Waals surface area contributed by atoms with Crippen molar-refractivity contribution in [3.8, 4) is 0 Å². The van der Waals surface area contributed by atoms with Gasteiger partial charge in [0.05, 0.1) is 11.7 Å². The van der Waals surface area contributed by atoms with Crippen LogP contribution < -0.4 is 0 Å². The van der Waals surface area contributed by atoms with Gasteiger partial charge < -0.3 is 4.74 Å². The molecule has 0 unspecified atom stereocenters. The molecule has 1 saturated heterocycles. The molecule has 0 saturated carbocycles. The van der Waals surface area contributed by atoms with E-state index in [2.05, 4.69) is 59.8 Å². The molecule has 1 fully saturated rings. The fourth-order valence-corrected chi connectivity index (χ4v) is 3.43. The first-order chi connectivity index (χ1) is 7.75. The van der Waals surface area contributed by atoms with Crippen LogP contribution in [0.25, 0.3) is 0 Å². The zero-order valence-corrected chi connectivity index (χ0v) is 12.1. The third kappa shape index (κ3) is 1.71. The predicted octanol–water partition coefficient (Wildman–Crippen LogP) is 4.49. The smallest absolute Gasteiger partial charge is 0.0853 e. The molecule has 0 aromatic heterocycles. The Balaban J connectivity index is 2.49. The quantitative estimate of drug-likeness (QED) is 0.607. The molecule has 3 atom stereocenters. The van der Waals surface area contributed by atoms with Gasteiger partial charge >= 0.3 is 0 Å². The van der Waals surface area contributed by atoms with Crippen LogP contribution in [0.4, 0.5) is 0 Å². The molecular weight excluding hydrogens is 208 g/mol. The number of fused-ring (bicyclic) bond motifs is 2. The molecule has 1 nitrogen and oxygen atoms in total. The van der Waals surface area contributed by atoms with E-state index in [1.54, 1.807) is 0 Å². The van der Waals surface area contributed by atoms with Crippen LogP contribution in [-0.4, -0.2) is 11.7 Å². The van der Waals surface area contributed by atoms with Crippen LogP contribution in [-0.2, 0) is 4.74 Å². The molecule has 96 valence electrons. The molecule has 0 spiro atoms. The minimum absolute atomic E-state index is 0.0477. The third-order valence-electron chi connectivity index (χ3n) is 5.39. The Hall–Kier alpha value is -0.560. The van der Waals surface area contributed by atoms with Gasteiger partial charge in [-0.3, -0.25) is 0 Å². The Kier molecular flexibility index (Phi) is 2.82. The van der Waals surface area contributed by atoms with Crippen LogP contribution in [0.1, 0.15) is 54.4 Å². The van der Waals surface area contributed by atoms with Gasteiger partial charge in [-0.2, -0.15) is 0 Å². The maximum absolute atomic E-state index is 6.43. The summed E-state index contributed by atoms with van der Waals surface area (Å²) in [6.07, 6.45) is 9.37. The molecule has 1 heterocycles. The predicted molar refractivity (Wildman–Crippen MR) is 73.0 cm³/mol. The average molecular weight is 234 g/mol. The van der Waals surface area contributed by atoms with E-state index in [1.165, 1.54) is 12.0 Å². The fraction of sp³-hybridized carbons (Fsp3) is 0.750. The van der Waals surface area contributed by atoms with Crippen LogP contribution in [0.3, 0.4) is 0 Å². The minimum atomic E-state index is -0.0477. The van der Waals surface area contributed by atoms with E-state index in [1.807, 2.05) is 0 Å². The van der Waals surface area contributed by atoms with Crippen molar-refractivity contribution in [1.82, 2.24) is 0 Å². The van der Waals surface area contributed by atoms with E-state index in [0.29, 0.717) is 0 Å². The van der Waals surface area contributed by atoms with Crippen LogP contribution in [0, 0.1) is 10.8 Å². The summed E-state index contributed by atoms with van der Waals surface area (Å²) in [5.74, 6) is 0. The lowest BCUT2D eigenvalue weighted by molar-refractivity contribution is -0.213. The van der Waals surface area contributed by atoms with Crippen molar-refractivity contribution in [1.29, 1.82) is 0 Å². The first-order valence-corrected chi connectivity index (χ1v) is 6.73. The van der Waals surface area contributed by atoms with Crippen molar-refractivity contribution in [2.75, 3.05) is 0 Å². The highest BCUT2D eigenvalue weighted by atomic mass is 16.5. The molecular formula is C16H26O. The van der Waals surface area contributed by atoms with E-state index < -0.39 is 0 Å². The van der Waals surface area contributed by atoms with Crippen molar-refractivity contribution in [2.45, 2.75) is 66.1 Å². The summed E-state index contributed by atoms with van der Waals surface area (Å²) in [6, 6.07) is 0. The van der Waals surface area contributed by atoms with Gasteiger partial charge in [0.25, 0.3) is 0 Å². The van der Waals surface area contributed by atoms with Crippen molar-refractivity contribution in [2.24, 2.45) is 10.8 Å². The first kappa shape index (κ1) is 12.9. The lowest BCUT2D eigenvalue weighted by atomic mass is 9.54. The third-order valence-corrected chi connectivity index (χ3v) is 5.39. The maximum Gasteiger partial charge on any atom is 0.0853 e. The minimum Gasteiger partial charge on any atom is -0.367 e. The van der Waals surface area contributed by atoms with E-state index in [-0.39, 0.29) is 22.5 Å². The Bertz CT molecular complexity index is 377. The molecule has 17 heavy (non-hydrogen) atoms. The summed E-state index contributed by atoms with van der Waals surface area (Å²) in [5.41, 5.74) is 1.89. The molecule has 0 amide bonds. The van der Waals surface area contributed by atoms with E-state index in [0.717, 1.165) is 6.42 Å². The normalized spacial score (nSPS) is 44.8. The Morgan fingerprint density at radius 1 is 1.29 bits per heavy atom. The van der Waals surface area contributed by atoms with E-state index in [4.69, 9.17) is 4.74 Å². The molecule has 0 aromatic rings. The highest BCUT2D eigenvalue weighted by Crippen LogP contribution is 2.59. The molecule has 2 bridgehead atoms. The number of ether oxygens (including phenoxy) is 1. The molecule has 2 rings (SSSR count). The van der Waals surface area contributed by atoms with Crippen molar-refractivity contribution in [3.05, 3.63) is 23.8 Å². The Morgan fingerprint density at radius 2 is 1.94 bits per heavy atom. The molecule has 0 radical (unpaired) electrons. The van der Waals surface area contributed by atoms with Gasteiger partial charge in [0.2, 0.25) is 0 Å². The first-order valence-electron chi connectivity index (χ1n) is 6.73. The summed E-state index contributed by atoms with van der Waals surface area (Å²) >= 11 is 0. The number of allylic oxidation sites excluding steroid dienone is 2. The van der Waals surface area contributed by atoms with Gasteiger partial charge in [0.15, 0.2) is 0 Å². The molecule has 2 aliphatic rings. The standard InChI is InChI=1S/C16H26O/c1-7-8-13-16(6)11-15(5,10-9-12(16)2)14(3,4)17-13/h7-9,13H,10-11H2,1-6H3/b8-7+/t13-,15+,16+/m1/s1. The Labute approximate surface area is 106 Å². The highest BCUT2D eigenvalue weighted by Gasteiger charge is 2.56. The zero-order chi connectivity index (χ0) is 12.9. The largest absolute Gasteiger partial charge is 0.367 e. The van der Waals surface area contributed by atoms with Gasteiger partial charge in [-0.15, -0.1) is 0 Å². The monoisotopic (exact) mass is 234 g/mol. The van der Waals surface area contributed by atoms with E-state index >= 15 is 0 Å². The maximum atomic E-state index is 6.43. The molecule has 0 aromatic carbocycles. The summed E-state index contributed by atoms with van der Waals surface area (Å²) in [4.78, 5) is 0. The topological polar surface area (TPSA) is 9.23 Å². The molecule has 1 aliphatic heterocycles. The van der Waals surface area contributed by atoms with Gasteiger partial charge in [-0.05, 0) is 40.5 Å². The van der Waals surface area contributed by atoms with Crippen LogP contribution >= 0.6 is 0 Å². The zero-order valence-electron chi connectivity index (χ0n) is 12.1. The summed E-state index contributed by atoms with van der Waals surface area (Å²) in [5, 5.41) is 0. The summed E-state index contributed by atoms with van der Waals surface area (Å²) < 4.78 is 6.43. The van der Waals surface area contributed by atoms with Crippen molar-refractivity contribution in [3.63, 3.8) is 0 Å². The second kappa shape index (κ2) is 3.71. The lowest BCUT2D eigenvalue weighted by Gasteiger charge is -2.60. The van der Waals surface area contributed by atoms with Gasteiger partial charge in [-0.1, -0.05) is 37.6 Å². The van der Waals surface area contributed by atoms with Gasteiger partial charge in [0, 0.05) is 10.8 Å². The lowest BCUT2D eigenvalue weighted by Crippen LogP contribution is -2.59. The Morgan fingerprint density at radius 3 is 2.53 bits per heavy atom. The second-order valence-electron chi connectivity index (χ2n) is 6.82. The highest BCUT2D eigenvalue weighted by molar-refractivity contribution is 5.26. The fourth-order valence-electron chi connectivity index (χ4n) is 3.43. The second-order valence-corrected chi connectivity index (χ2v) is 6.82. The van der Waals surface area contributed by atoms with Crippen LogP contribution in [0.15, 0.2) is 23.8 Å². The molecule has 1 heteroatoms. The van der Waals surface area contributed by atoms with Crippen LogP contribution in [0.5, 0.6) is 0 Å².